The third kappa shape index (κ3) is 4.03. The molecule has 0 bridgehead atoms. The highest BCUT2D eigenvalue weighted by Crippen LogP contribution is 2.04. The molecular formula is C16H18N4O3. The quantitative estimate of drug-likeness (QED) is 0.826. The second kappa shape index (κ2) is 6.43. The van der Waals surface area contributed by atoms with E-state index in [1.54, 1.807) is 0 Å². The largest absolute Gasteiger partial charge is 0.368 e. The lowest BCUT2D eigenvalue weighted by Crippen LogP contribution is -2.53. The Balaban J connectivity index is 2.25. The molecule has 0 aliphatic heterocycles. The second-order valence-corrected chi connectivity index (χ2v) is 5.64. The van der Waals surface area contributed by atoms with Crippen LogP contribution in [-0.2, 0) is 11.3 Å². The molecule has 0 radical (unpaired) electrons. The monoisotopic (exact) mass is 314 g/mol. The molecule has 2 aromatic rings. The molecule has 0 unspecified atom stereocenters. The van der Waals surface area contributed by atoms with E-state index in [0.29, 0.717) is 0 Å². The summed E-state index contributed by atoms with van der Waals surface area (Å²) in [5.41, 5.74) is 4.62. The molecular weight excluding hydrogens is 296 g/mol. The third-order valence-corrected chi connectivity index (χ3v) is 3.32. The van der Waals surface area contributed by atoms with E-state index < -0.39 is 17.4 Å². The maximum atomic E-state index is 12.2. The van der Waals surface area contributed by atoms with Crippen molar-refractivity contribution in [2.24, 2.45) is 5.73 Å². The van der Waals surface area contributed by atoms with Crippen molar-refractivity contribution >= 4 is 11.8 Å². The molecule has 2 rings (SSSR count). The molecule has 0 saturated carbocycles. The van der Waals surface area contributed by atoms with E-state index in [1.165, 1.54) is 30.7 Å². The number of aromatic nitrogens is 2. The van der Waals surface area contributed by atoms with E-state index in [9.17, 15) is 14.4 Å². The normalized spacial score (nSPS) is 11.0. The van der Waals surface area contributed by atoms with Crippen molar-refractivity contribution in [1.82, 2.24) is 15.1 Å². The van der Waals surface area contributed by atoms with Crippen LogP contribution in [0.3, 0.4) is 0 Å². The SMILES string of the molecule is CC(C)(NC(=O)c1ccc(=O)n(Cc2ccccc2)n1)C(N)=O. The van der Waals surface area contributed by atoms with Crippen LogP contribution in [0.4, 0.5) is 0 Å². The number of hydrogen-bond donors (Lipinski definition) is 2. The van der Waals surface area contributed by atoms with Crippen molar-refractivity contribution in [2.45, 2.75) is 25.9 Å². The number of nitrogens with one attached hydrogen (secondary N) is 1. The van der Waals surface area contributed by atoms with Crippen LogP contribution < -0.4 is 16.6 Å². The highest BCUT2D eigenvalue weighted by molar-refractivity contribution is 5.97. The fraction of sp³-hybridized carbons (Fsp3) is 0.250. The number of nitrogens with two attached hydrogens (primary N) is 1. The number of rotatable bonds is 5. The number of carbonyl (C=O) groups is 2. The maximum absolute atomic E-state index is 12.2. The average molecular weight is 314 g/mol. The standard InChI is InChI=1S/C16H18N4O3/c1-16(2,15(17)23)18-14(22)12-8-9-13(21)20(19-12)10-11-6-4-3-5-7-11/h3-9H,10H2,1-2H3,(H2,17,23)(H,18,22). The van der Waals surface area contributed by atoms with Crippen molar-refractivity contribution in [3.05, 3.63) is 64.1 Å². The summed E-state index contributed by atoms with van der Waals surface area (Å²) in [5.74, 6) is -1.24. The van der Waals surface area contributed by atoms with Gasteiger partial charge in [-0.3, -0.25) is 14.4 Å². The minimum Gasteiger partial charge on any atom is -0.368 e. The zero-order valence-corrected chi connectivity index (χ0v) is 12.9. The maximum Gasteiger partial charge on any atom is 0.272 e. The molecule has 1 aromatic heterocycles. The molecule has 0 aliphatic carbocycles. The van der Waals surface area contributed by atoms with Crippen molar-refractivity contribution in [2.75, 3.05) is 0 Å². The summed E-state index contributed by atoms with van der Waals surface area (Å²) in [6.45, 7) is 3.24. The highest BCUT2D eigenvalue weighted by atomic mass is 16.2. The van der Waals surface area contributed by atoms with Gasteiger partial charge in [-0.1, -0.05) is 30.3 Å². The molecule has 0 saturated heterocycles. The Morgan fingerprint density at radius 2 is 1.83 bits per heavy atom. The van der Waals surface area contributed by atoms with Crippen molar-refractivity contribution in [1.29, 1.82) is 0 Å². The van der Waals surface area contributed by atoms with Gasteiger partial charge in [-0.2, -0.15) is 5.10 Å². The van der Waals surface area contributed by atoms with Crippen molar-refractivity contribution in [3.8, 4) is 0 Å². The van der Waals surface area contributed by atoms with Crippen LogP contribution in [-0.4, -0.2) is 27.1 Å². The Kier molecular flexibility index (Phi) is 4.59. The fourth-order valence-electron chi connectivity index (χ4n) is 1.85. The zero-order valence-electron chi connectivity index (χ0n) is 12.9. The Morgan fingerprint density at radius 1 is 1.17 bits per heavy atom. The number of nitrogens with zero attached hydrogens (tertiary/aromatic N) is 2. The summed E-state index contributed by atoms with van der Waals surface area (Å²) in [6, 6.07) is 11.9. The summed E-state index contributed by atoms with van der Waals surface area (Å²) in [4.78, 5) is 35.4. The van der Waals surface area contributed by atoms with E-state index in [4.69, 9.17) is 5.73 Å². The van der Waals surface area contributed by atoms with Crippen LogP contribution in [0.2, 0.25) is 0 Å². The predicted octanol–water partition coefficient (Wildman–Crippen LogP) is 0.285. The van der Waals surface area contributed by atoms with Gasteiger partial charge >= 0.3 is 0 Å². The van der Waals surface area contributed by atoms with E-state index >= 15 is 0 Å². The minimum atomic E-state index is -1.21. The molecule has 0 spiro atoms. The second-order valence-electron chi connectivity index (χ2n) is 5.64. The number of benzene rings is 1. The summed E-state index contributed by atoms with van der Waals surface area (Å²) in [6.07, 6.45) is 0. The fourth-order valence-corrected chi connectivity index (χ4v) is 1.85. The minimum absolute atomic E-state index is 0.0369. The van der Waals surface area contributed by atoms with Gasteiger partial charge in [0.1, 0.15) is 11.2 Å². The summed E-state index contributed by atoms with van der Waals surface area (Å²) >= 11 is 0. The first-order valence-electron chi connectivity index (χ1n) is 7.04. The number of hydrogen-bond acceptors (Lipinski definition) is 4. The lowest BCUT2D eigenvalue weighted by atomic mass is 10.1. The first-order chi connectivity index (χ1) is 10.8. The van der Waals surface area contributed by atoms with E-state index in [-0.39, 0.29) is 17.8 Å². The Bertz CT molecular complexity index is 781. The van der Waals surface area contributed by atoms with Crippen molar-refractivity contribution < 1.29 is 9.59 Å². The number of carbonyl (C=O) groups excluding carboxylic acids is 2. The Hall–Kier alpha value is -2.96. The average Bonchev–Trinajstić information content (AvgIpc) is 2.50. The van der Waals surface area contributed by atoms with E-state index in [1.807, 2.05) is 30.3 Å². The van der Waals surface area contributed by atoms with Gasteiger partial charge in [-0.15, -0.1) is 0 Å². The lowest BCUT2D eigenvalue weighted by Gasteiger charge is -2.21. The van der Waals surface area contributed by atoms with E-state index in [0.717, 1.165) is 5.56 Å². The van der Waals surface area contributed by atoms with Gasteiger partial charge in [-0.05, 0) is 25.5 Å². The van der Waals surface area contributed by atoms with Gasteiger partial charge in [0.05, 0.1) is 6.54 Å². The molecule has 0 fully saturated rings. The first-order valence-corrected chi connectivity index (χ1v) is 7.04. The topological polar surface area (TPSA) is 107 Å². The molecule has 0 aliphatic rings. The number of amides is 2. The zero-order chi connectivity index (χ0) is 17.0. The molecule has 1 heterocycles. The van der Waals surface area contributed by atoms with Crippen LogP contribution in [0.15, 0.2) is 47.3 Å². The molecule has 7 nitrogen and oxygen atoms in total. The summed E-state index contributed by atoms with van der Waals surface area (Å²) in [7, 11) is 0. The van der Waals surface area contributed by atoms with E-state index in [2.05, 4.69) is 10.4 Å². The van der Waals surface area contributed by atoms with Crippen LogP contribution in [0.25, 0.3) is 0 Å². The van der Waals surface area contributed by atoms with Crippen LogP contribution >= 0.6 is 0 Å². The van der Waals surface area contributed by atoms with Gasteiger partial charge < -0.3 is 11.1 Å². The molecule has 0 atom stereocenters. The number of primary amides is 1. The van der Waals surface area contributed by atoms with Crippen LogP contribution in [0, 0.1) is 0 Å². The van der Waals surface area contributed by atoms with Gasteiger partial charge in [0.2, 0.25) is 5.91 Å². The van der Waals surface area contributed by atoms with Gasteiger partial charge in [0.25, 0.3) is 11.5 Å². The first kappa shape index (κ1) is 16.4. The summed E-state index contributed by atoms with van der Waals surface area (Å²) < 4.78 is 1.20. The van der Waals surface area contributed by atoms with Gasteiger partial charge in [0, 0.05) is 6.07 Å². The molecule has 23 heavy (non-hydrogen) atoms. The van der Waals surface area contributed by atoms with Gasteiger partial charge in [0.15, 0.2) is 0 Å². The Labute approximate surface area is 133 Å². The molecule has 3 N–H and O–H groups in total. The molecule has 1 aromatic carbocycles. The van der Waals surface area contributed by atoms with Crippen LogP contribution in [0.5, 0.6) is 0 Å². The highest BCUT2D eigenvalue weighted by Gasteiger charge is 2.28. The molecule has 2 amide bonds. The molecule has 120 valence electrons. The lowest BCUT2D eigenvalue weighted by molar-refractivity contribution is -0.122. The smallest absolute Gasteiger partial charge is 0.272 e. The van der Waals surface area contributed by atoms with Gasteiger partial charge in [-0.25, -0.2) is 4.68 Å². The summed E-state index contributed by atoms with van der Waals surface area (Å²) in [5, 5.41) is 6.54. The van der Waals surface area contributed by atoms with Crippen LogP contribution in [0.1, 0.15) is 29.9 Å². The predicted molar refractivity (Wildman–Crippen MR) is 84.8 cm³/mol. The van der Waals surface area contributed by atoms with Crippen molar-refractivity contribution in [3.63, 3.8) is 0 Å². The third-order valence-electron chi connectivity index (χ3n) is 3.32. The Morgan fingerprint density at radius 3 is 2.43 bits per heavy atom. The molecule has 7 heteroatoms.